The Morgan fingerprint density at radius 3 is 1.64 bits per heavy atom. The zero-order chi connectivity index (χ0) is 16.0. The van der Waals surface area contributed by atoms with Crippen molar-refractivity contribution < 1.29 is 14.4 Å². The Hall–Kier alpha value is 0.430. The van der Waals surface area contributed by atoms with Gasteiger partial charge in [-0.3, -0.25) is 0 Å². The van der Waals surface area contributed by atoms with Gasteiger partial charge in [-0.15, -0.1) is 0 Å². The normalized spacial score (nSPS) is 11.2. The Morgan fingerprint density at radius 2 is 1.18 bits per heavy atom. The topological polar surface area (TPSA) is 40.1 Å². The van der Waals surface area contributed by atoms with Crippen LogP contribution in [0.5, 0.6) is 0 Å². The molecule has 0 rings (SSSR count). The molecule has 0 aliphatic rings. The van der Waals surface area contributed by atoms with E-state index in [4.69, 9.17) is 0 Å². The molecular formula is C18H38NNaO2. The van der Waals surface area contributed by atoms with Gasteiger partial charge in [0.05, 0.1) is 27.2 Å². The predicted octanol–water partition coefficient (Wildman–Crippen LogP) is 2.87. The summed E-state index contributed by atoms with van der Waals surface area (Å²) in [5.41, 5.74) is 0. The summed E-state index contributed by atoms with van der Waals surface area (Å²) >= 11 is 0. The first kappa shape index (κ1) is 24.7. The molecule has 0 aromatic rings. The Kier molecular flexibility index (Phi) is 18.3. The molecule has 0 heterocycles. The van der Waals surface area contributed by atoms with Gasteiger partial charge in [0.1, 0.15) is 0 Å². The van der Waals surface area contributed by atoms with E-state index >= 15 is 0 Å². The molecule has 0 atom stereocenters. The van der Waals surface area contributed by atoms with Crippen molar-refractivity contribution in [1.29, 1.82) is 0 Å². The molecule has 128 valence electrons. The molecule has 0 radical (unpaired) electrons. The van der Waals surface area contributed by atoms with Crippen LogP contribution in [-0.4, -0.2) is 67.2 Å². The van der Waals surface area contributed by atoms with Crippen molar-refractivity contribution in [3.05, 3.63) is 0 Å². The summed E-state index contributed by atoms with van der Waals surface area (Å²) < 4.78 is 0.935. The number of carboxylic acids is 1. The van der Waals surface area contributed by atoms with Crippen LogP contribution in [0.2, 0.25) is 0 Å². The van der Waals surface area contributed by atoms with Crippen molar-refractivity contribution in [2.75, 3.05) is 27.2 Å². The predicted molar refractivity (Wildman–Crippen MR) is 95.1 cm³/mol. The zero-order valence-electron chi connectivity index (χ0n) is 14.7. The molecule has 4 heteroatoms. The molecular weight excluding hydrogens is 285 g/mol. The Labute approximate surface area is 160 Å². The minimum atomic E-state index is -0.922. The third-order valence-electron chi connectivity index (χ3n) is 4.26. The van der Waals surface area contributed by atoms with Gasteiger partial charge < -0.3 is 14.4 Å². The van der Waals surface area contributed by atoms with E-state index in [0.717, 1.165) is 24.0 Å². The molecule has 0 amide bonds. The van der Waals surface area contributed by atoms with Crippen molar-refractivity contribution in [3.63, 3.8) is 0 Å². The van der Waals surface area contributed by atoms with Crippen LogP contribution in [0.4, 0.5) is 0 Å². The van der Waals surface area contributed by atoms with Gasteiger partial charge in [0.25, 0.3) is 0 Å². The van der Waals surface area contributed by atoms with Crippen LogP contribution in [0.15, 0.2) is 0 Å². The Morgan fingerprint density at radius 1 is 0.773 bits per heavy atom. The fourth-order valence-corrected chi connectivity index (χ4v) is 2.79. The number of hydrogen-bond acceptors (Lipinski definition) is 2. The number of carbonyl (C=O) groups excluding carboxylic acids is 1. The Balaban J connectivity index is 0. The average molecular weight is 323 g/mol. The van der Waals surface area contributed by atoms with Gasteiger partial charge in [0.15, 0.2) is 0 Å². The van der Waals surface area contributed by atoms with Crippen molar-refractivity contribution in [1.82, 2.24) is 0 Å². The summed E-state index contributed by atoms with van der Waals surface area (Å²) in [6.07, 6.45) is 14.6. The van der Waals surface area contributed by atoms with Gasteiger partial charge in [-0.05, 0) is 19.3 Å². The van der Waals surface area contributed by atoms with Crippen LogP contribution in [0.1, 0.15) is 84.0 Å². The molecule has 0 aliphatic carbocycles. The van der Waals surface area contributed by atoms with Crippen molar-refractivity contribution >= 4 is 35.5 Å². The molecule has 0 aromatic carbocycles. The first-order chi connectivity index (χ1) is 9.98. The SMILES string of the molecule is CCCCCCCCCCCC[N+](C)(C)CCCC(=O)[O-].[NaH]. The van der Waals surface area contributed by atoms with E-state index in [1.54, 1.807) is 0 Å². The van der Waals surface area contributed by atoms with Gasteiger partial charge in [0, 0.05) is 12.4 Å². The van der Waals surface area contributed by atoms with E-state index in [9.17, 15) is 9.90 Å². The molecule has 22 heavy (non-hydrogen) atoms. The van der Waals surface area contributed by atoms with Crippen molar-refractivity contribution in [3.8, 4) is 0 Å². The van der Waals surface area contributed by atoms with Crippen LogP contribution >= 0.6 is 0 Å². The van der Waals surface area contributed by atoms with Crippen LogP contribution in [0.25, 0.3) is 0 Å². The molecule has 0 bridgehead atoms. The molecule has 0 saturated heterocycles. The number of nitrogens with zero attached hydrogens (tertiary/aromatic N) is 1. The molecule has 0 aromatic heterocycles. The quantitative estimate of drug-likeness (QED) is 0.264. The minimum absolute atomic E-state index is 0. The molecule has 0 aliphatic heterocycles. The summed E-state index contributed by atoms with van der Waals surface area (Å²) in [6.45, 7) is 4.35. The second-order valence-electron chi connectivity index (χ2n) is 7.04. The van der Waals surface area contributed by atoms with Gasteiger partial charge in [-0.1, -0.05) is 58.3 Å². The maximum atomic E-state index is 10.4. The van der Waals surface area contributed by atoms with Gasteiger partial charge in [-0.25, -0.2) is 0 Å². The molecule has 3 nitrogen and oxygen atoms in total. The second kappa shape index (κ2) is 16.3. The summed E-state index contributed by atoms with van der Waals surface area (Å²) in [6, 6.07) is 0. The maximum absolute atomic E-state index is 10.4. The van der Waals surface area contributed by atoms with Gasteiger partial charge in [-0.2, -0.15) is 0 Å². The van der Waals surface area contributed by atoms with Crippen LogP contribution in [0.3, 0.4) is 0 Å². The Bertz CT molecular complexity index is 257. The first-order valence-corrected chi connectivity index (χ1v) is 9.00. The van der Waals surface area contributed by atoms with E-state index < -0.39 is 5.97 Å². The number of aliphatic carboxylic acids is 1. The number of hydrogen-bond donors (Lipinski definition) is 0. The van der Waals surface area contributed by atoms with E-state index in [1.807, 2.05) is 0 Å². The molecule has 0 fully saturated rings. The van der Waals surface area contributed by atoms with Crippen LogP contribution in [-0.2, 0) is 4.79 Å². The van der Waals surface area contributed by atoms with E-state index in [2.05, 4.69) is 21.0 Å². The van der Waals surface area contributed by atoms with Crippen LogP contribution in [0, 0.1) is 0 Å². The number of unbranched alkanes of at least 4 members (excludes halogenated alkanes) is 9. The monoisotopic (exact) mass is 323 g/mol. The molecule has 0 saturated carbocycles. The van der Waals surface area contributed by atoms with Crippen molar-refractivity contribution in [2.45, 2.75) is 84.0 Å². The molecule has 0 spiro atoms. The van der Waals surface area contributed by atoms with E-state index in [-0.39, 0.29) is 36.0 Å². The van der Waals surface area contributed by atoms with E-state index in [1.165, 1.54) is 64.2 Å². The summed E-state index contributed by atoms with van der Waals surface area (Å²) in [5.74, 6) is -0.922. The fourth-order valence-electron chi connectivity index (χ4n) is 2.79. The standard InChI is InChI=1S/C18H37NO2.Na.H/c1-4-5-6-7-8-9-10-11-12-13-16-19(2,3)17-14-15-18(20)21;;/h4-17H2,1-3H3;;. The molecule has 0 unspecified atom stereocenters. The third-order valence-corrected chi connectivity index (χ3v) is 4.26. The number of rotatable bonds is 15. The molecule has 0 N–H and O–H groups in total. The number of carbonyl (C=O) groups is 1. The fraction of sp³-hybridized carbons (Fsp3) is 0.944. The second-order valence-corrected chi connectivity index (χ2v) is 7.04. The summed E-state index contributed by atoms with van der Waals surface area (Å²) in [4.78, 5) is 10.4. The van der Waals surface area contributed by atoms with Gasteiger partial charge >= 0.3 is 29.6 Å². The number of quaternary nitrogens is 1. The van der Waals surface area contributed by atoms with Crippen LogP contribution < -0.4 is 5.11 Å². The van der Waals surface area contributed by atoms with Crippen molar-refractivity contribution in [2.24, 2.45) is 0 Å². The summed E-state index contributed by atoms with van der Waals surface area (Å²) in [7, 11) is 4.39. The number of carboxylic acid groups (broad SMARTS) is 1. The first-order valence-electron chi connectivity index (χ1n) is 9.00. The van der Waals surface area contributed by atoms with E-state index in [0.29, 0.717) is 0 Å². The summed E-state index contributed by atoms with van der Waals surface area (Å²) in [5, 5.41) is 10.4. The third kappa shape index (κ3) is 18.5. The zero-order valence-corrected chi connectivity index (χ0v) is 14.7. The average Bonchev–Trinajstić information content (AvgIpc) is 2.40. The van der Waals surface area contributed by atoms with Gasteiger partial charge in [0.2, 0.25) is 0 Å².